The third-order valence-electron chi connectivity index (χ3n) is 2.69. The van der Waals surface area contributed by atoms with Gasteiger partial charge in [0.25, 0.3) is 0 Å². The molecule has 6 heteroatoms. The molecule has 4 nitrogen and oxygen atoms in total. The third-order valence-corrected chi connectivity index (χ3v) is 2.69. The van der Waals surface area contributed by atoms with Crippen LogP contribution in [0.1, 0.15) is 22.8 Å². The summed E-state index contributed by atoms with van der Waals surface area (Å²) in [5.41, 5.74) is 6.66. The second kappa shape index (κ2) is 5.73. The van der Waals surface area contributed by atoms with Gasteiger partial charge in [0.1, 0.15) is 17.2 Å². The van der Waals surface area contributed by atoms with E-state index >= 15 is 0 Å². The van der Waals surface area contributed by atoms with Gasteiger partial charge in [-0.2, -0.15) is 0 Å². The molecule has 1 heterocycles. The summed E-state index contributed by atoms with van der Waals surface area (Å²) in [5, 5.41) is 0. The Balaban J connectivity index is 2.22. The Hall–Kier alpha value is -2.37. The van der Waals surface area contributed by atoms with Crippen LogP contribution in [-0.2, 0) is 11.3 Å². The Morgan fingerprint density at radius 1 is 1.25 bits per heavy atom. The molecule has 0 radical (unpaired) electrons. The van der Waals surface area contributed by atoms with Crippen molar-refractivity contribution in [2.75, 3.05) is 12.3 Å². The number of benzene rings is 1. The summed E-state index contributed by atoms with van der Waals surface area (Å²) in [4.78, 5) is 11.6. The van der Waals surface area contributed by atoms with Gasteiger partial charge in [-0.3, -0.25) is 0 Å². The summed E-state index contributed by atoms with van der Waals surface area (Å²) < 4.78 is 32.6. The molecule has 0 unspecified atom stereocenters. The number of rotatable bonds is 4. The Morgan fingerprint density at radius 3 is 2.50 bits per heavy atom. The van der Waals surface area contributed by atoms with Crippen LogP contribution in [-0.4, -0.2) is 17.1 Å². The van der Waals surface area contributed by atoms with E-state index in [1.54, 1.807) is 11.5 Å². The average molecular weight is 280 g/mol. The van der Waals surface area contributed by atoms with Crippen molar-refractivity contribution in [1.82, 2.24) is 4.57 Å². The summed E-state index contributed by atoms with van der Waals surface area (Å²) in [5.74, 6) is -1.81. The maximum Gasteiger partial charge on any atom is 0.341 e. The van der Waals surface area contributed by atoms with Crippen LogP contribution in [0.25, 0.3) is 0 Å². The Kier molecular flexibility index (Phi) is 4.02. The molecule has 2 N–H and O–H groups in total. The smallest absolute Gasteiger partial charge is 0.341 e. The highest BCUT2D eigenvalue weighted by Gasteiger charge is 2.14. The second-order valence-electron chi connectivity index (χ2n) is 4.30. The largest absolute Gasteiger partial charge is 0.462 e. The molecule has 20 heavy (non-hydrogen) atoms. The molecule has 0 atom stereocenters. The van der Waals surface area contributed by atoms with Crippen LogP contribution in [0.3, 0.4) is 0 Å². The van der Waals surface area contributed by atoms with Crippen molar-refractivity contribution in [2.45, 2.75) is 13.5 Å². The SMILES string of the molecule is CCOC(=O)c1cn(Cc2cc(F)cc(F)c2)cc1N. The van der Waals surface area contributed by atoms with Crippen molar-refractivity contribution in [3.63, 3.8) is 0 Å². The number of carbonyl (C=O) groups excluding carboxylic acids is 1. The van der Waals surface area contributed by atoms with Gasteiger partial charge in [0.05, 0.1) is 12.3 Å². The van der Waals surface area contributed by atoms with Crippen molar-refractivity contribution in [3.8, 4) is 0 Å². The number of hydrogen-bond acceptors (Lipinski definition) is 3. The first-order valence-electron chi connectivity index (χ1n) is 6.07. The van der Waals surface area contributed by atoms with E-state index in [1.165, 1.54) is 24.5 Å². The number of nitrogens with two attached hydrogens (primary N) is 1. The average Bonchev–Trinajstić information content (AvgIpc) is 2.69. The van der Waals surface area contributed by atoms with E-state index in [0.29, 0.717) is 5.56 Å². The number of ether oxygens (including phenoxy) is 1. The molecule has 0 fully saturated rings. The molecule has 2 aromatic rings. The minimum absolute atomic E-state index is 0.207. The first-order chi connectivity index (χ1) is 9.49. The molecule has 0 amide bonds. The predicted molar refractivity (Wildman–Crippen MR) is 70.3 cm³/mol. The predicted octanol–water partition coefficient (Wildman–Crippen LogP) is 2.57. The fraction of sp³-hybridized carbons (Fsp3) is 0.214. The van der Waals surface area contributed by atoms with E-state index < -0.39 is 17.6 Å². The van der Waals surface area contributed by atoms with E-state index in [4.69, 9.17) is 10.5 Å². The van der Waals surface area contributed by atoms with Crippen molar-refractivity contribution in [1.29, 1.82) is 0 Å². The molecule has 0 saturated heterocycles. The molecule has 0 aliphatic heterocycles. The van der Waals surface area contributed by atoms with E-state index in [-0.39, 0.29) is 24.4 Å². The summed E-state index contributed by atoms with van der Waals surface area (Å²) in [7, 11) is 0. The molecule has 0 bridgehead atoms. The zero-order valence-corrected chi connectivity index (χ0v) is 10.9. The minimum atomic E-state index is -0.647. The van der Waals surface area contributed by atoms with Gasteiger partial charge in [0, 0.05) is 25.0 Å². The fourth-order valence-electron chi connectivity index (χ4n) is 1.91. The molecule has 1 aromatic heterocycles. The Labute approximate surface area is 114 Å². The molecule has 106 valence electrons. The summed E-state index contributed by atoms with van der Waals surface area (Å²) in [6.07, 6.45) is 3.02. The lowest BCUT2D eigenvalue weighted by Crippen LogP contribution is -2.05. The molecular weight excluding hydrogens is 266 g/mol. The highest BCUT2D eigenvalue weighted by Crippen LogP contribution is 2.17. The van der Waals surface area contributed by atoms with E-state index in [1.807, 2.05) is 0 Å². The van der Waals surface area contributed by atoms with E-state index in [2.05, 4.69) is 0 Å². The van der Waals surface area contributed by atoms with Gasteiger partial charge in [-0.15, -0.1) is 0 Å². The molecule has 0 saturated carbocycles. The Bertz CT molecular complexity index is 618. The molecular formula is C14H14F2N2O2. The van der Waals surface area contributed by atoms with Gasteiger partial charge >= 0.3 is 5.97 Å². The van der Waals surface area contributed by atoms with Crippen molar-refractivity contribution < 1.29 is 18.3 Å². The number of esters is 1. The van der Waals surface area contributed by atoms with Gasteiger partial charge in [-0.25, -0.2) is 13.6 Å². The number of carbonyl (C=O) groups is 1. The number of anilines is 1. The molecule has 0 spiro atoms. The molecule has 0 aliphatic carbocycles. The monoisotopic (exact) mass is 280 g/mol. The first kappa shape index (κ1) is 14.0. The molecule has 1 aromatic carbocycles. The van der Waals surface area contributed by atoms with Crippen LogP contribution < -0.4 is 5.73 Å². The minimum Gasteiger partial charge on any atom is -0.462 e. The van der Waals surface area contributed by atoms with Crippen LogP contribution in [0.2, 0.25) is 0 Å². The summed E-state index contributed by atoms with van der Waals surface area (Å²) >= 11 is 0. The van der Waals surface area contributed by atoms with Gasteiger partial charge < -0.3 is 15.0 Å². The lowest BCUT2D eigenvalue weighted by atomic mass is 10.2. The highest BCUT2D eigenvalue weighted by atomic mass is 19.1. The van der Waals surface area contributed by atoms with Crippen LogP contribution in [0, 0.1) is 11.6 Å². The lowest BCUT2D eigenvalue weighted by Gasteiger charge is -2.03. The topological polar surface area (TPSA) is 57.2 Å². The third kappa shape index (κ3) is 3.14. The van der Waals surface area contributed by atoms with Crippen LogP contribution in [0.15, 0.2) is 30.6 Å². The van der Waals surface area contributed by atoms with E-state index in [9.17, 15) is 13.6 Å². The zero-order valence-electron chi connectivity index (χ0n) is 10.9. The van der Waals surface area contributed by atoms with E-state index in [0.717, 1.165) is 6.07 Å². The normalized spacial score (nSPS) is 10.6. The number of halogens is 2. The standard InChI is InChI=1S/C14H14F2N2O2/c1-2-20-14(19)12-7-18(8-13(12)17)6-9-3-10(15)5-11(16)4-9/h3-5,7-8H,2,6,17H2,1H3. The molecule has 2 rings (SSSR count). The van der Waals surface area contributed by atoms with Crippen molar-refractivity contribution >= 4 is 11.7 Å². The summed E-state index contributed by atoms with van der Waals surface area (Å²) in [6.45, 7) is 2.15. The zero-order chi connectivity index (χ0) is 14.7. The lowest BCUT2D eigenvalue weighted by molar-refractivity contribution is 0.0527. The van der Waals surface area contributed by atoms with Crippen molar-refractivity contribution in [2.24, 2.45) is 0 Å². The second-order valence-corrected chi connectivity index (χ2v) is 4.30. The van der Waals surface area contributed by atoms with Gasteiger partial charge in [0.2, 0.25) is 0 Å². The van der Waals surface area contributed by atoms with Crippen LogP contribution in [0.4, 0.5) is 14.5 Å². The maximum atomic E-state index is 13.1. The van der Waals surface area contributed by atoms with Gasteiger partial charge in [-0.05, 0) is 24.6 Å². The number of hydrogen-bond donors (Lipinski definition) is 1. The summed E-state index contributed by atoms with van der Waals surface area (Å²) in [6, 6.07) is 3.25. The number of nitrogens with zero attached hydrogens (tertiary/aromatic N) is 1. The van der Waals surface area contributed by atoms with Gasteiger partial charge in [-0.1, -0.05) is 0 Å². The molecule has 0 aliphatic rings. The van der Waals surface area contributed by atoms with Crippen molar-refractivity contribution in [3.05, 3.63) is 53.4 Å². The fourth-order valence-corrected chi connectivity index (χ4v) is 1.91. The number of nitrogen functional groups attached to an aromatic ring is 1. The highest BCUT2D eigenvalue weighted by molar-refractivity contribution is 5.94. The van der Waals surface area contributed by atoms with Crippen LogP contribution in [0.5, 0.6) is 0 Å². The Morgan fingerprint density at radius 2 is 1.90 bits per heavy atom. The van der Waals surface area contributed by atoms with Crippen LogP contribution >= 0.6 is 0 Å². The van der Waals surface area contributed by atoms with Gasteiger partial charge in [0.15, 0.2) is 0 Å². The quantitative estimate of drug-likeness (QED) is 0.876. The maximum absolute atomic E-state index is 13.1. The first-order valence-corrected chi connectivity index (χ1v) is 6.07. The number of aromatic nitrogens is 1.